The highest BCUT2D eigenvalue weighted by atomic mass is 16.5. The Morgan fingerprint density at radius 1 is 1.21 bits per heavy atom. The molecule has 0 aliphatic carbocycles. The maximum atomic E-state index is 12.8. The highest BCUT2D eigenvalue weighted by Crippen LogP contribution is 2.35. The molecule has 2 aliphatic rings. The van der Waals surface area contributed by atoms with Crippen LogP contribution in [0.5, 0.6) is 5.75 Å². The van der Waals surface area contributed by atoms with Crippen molar-refractivity contribution >= 4 is 11.6 Å². The third kappa shape index (κ3) is 2.33. The molecule has 0 spiro atoms. The minimum Gasteiger partial charge on any atom is -0.493 e. The zero-order valence-corrected chi connectivity index (χ0v) is 13.6. The maximum absolute atomic E-state index is 12.8. The first-order chi connectivity index (χ1) is 11.7. The van der Waals surface area contributed by atoms with E-state index in [4.69, 9.17) is 10.00 Å². The largest absolute Gasteiger partial charge is 0.493 e. The lowest BCUT2D eigenvalue weighted by molar-refractivity contribution is 0.0996. The van der Waals surface area contributed by atoms with Gasteiger partial charge in [0.25, 0.3) is 5.91 Å². The number of nitriles is 1. The Morgan fingerprint density at radius 3 is 2.75 bits per heavy atom. The van der Waals surface area contributed by atoms with E-state index < -0.39 is 0 Å². The summed E-state index contributed by atoms with van der Waals surface area (Å²) in [6.45, 7) is 3.19. The van der Waals surface area contributed by atoms with Crippen LogP contribution in [0.3, 0.4) is 0 Å². The summed E-state index contributed by atoms with van der Waals surface area (Å²) in [5.74, 6) is 0.821. The van der Waals surface area contributed by atoms with E-state index in [2.05, 4.69) is 6.07 Å². The van der Waals surface area contributed by atoms with Crippen molar-refractivity contribution < 1.29 is 9.53 Å². The zero-order valence-electron chi connectivity index (χ0n) is 13.6. The summed E-state index contributed by atoms with van der Waals surface area (Å²) in [4.78, 5) is 14.6. The molecule has 0 N–H and O–H groups in total. The minimum absolute atomic E-state index is 0.0412. The van der Waals surface area contributed by atoms with Gasteiger partial charge >= 0.3 is 0 Å². The van der Waals surface area contributed by atoms with Crippen LogP contribution in [0.15, 0.2) is 36.4 Å². The molecular weight excluding hydrogens is 300 g/mol. The lowest BCUT2D eigenvalue weighted by atomic mass is 10.0. The molecule has 4 nitrogen and oxygen atoms in total. The van der Waals surface area contributed by atoms with Crippen LogP contribution in [-0.2, 0) is 13.0 Å². The van der Waals surface area contributed by atoms with Crippen molar-refractivity contribution in [2.24, 2.45) is 0 Å². The number of carbonyl (C=O) groups is 1. The average molecular weight is 318 g/mol. The van der Waals surface area contributed by atoms with Gasteiger partial charge in [-0.1, -0.05) is 12.1 Å². The molecule has 1 atom stereocenters. The summed E-state index contributed by atoms with van der Waals surface area (Å²) in [7, 11) is 0. The van der Waals surface area contributed by atoms with Crippen LogP contribution in [0.2, 0.25) is 0 Å². The van der Waals surface area contributed by atoms with Crippen molar-refractivity contribution in [3.8, 4) is 11.8 Å². The number of aryl methyl sites for hydroxylation is 1. The molecule has 24 heavy (non-hydrogen) atoms. The molecule has 0 fully saturated rings. The van der Waals surface area contributed by atoms with Gasteiger partial charge < -0.3 is 9.64 Å². The highest BCUT2D eigenvalue weighted by molar-refractivity contribution is 6.10. The highest BCUT2D eigenvalue weighted by Gasteiger charge is 2.30. The van der Waals surface area contributed by atoms with E-state index in [9.17, 15) is 4.79 Å². The van der Waals surface area contributed by atoms with Gasteiger partial charge in [-0.2, -0.15) is 5.26 Å². The molecule has 0 bridgehead atoms. The summed E-state index contributed by atoms with van der Waals surface area (Å²) >= 11 is 0. The Morgan fingerprint density at radius 2 is 2.00 bits per heavy atom. The van der Waals surface area contributed by atoms with Crippen molar-refractivity contribution in [3.63, 3.8) is 0 Å². The van der Waals surface area contributed by atoms with E-state index in [1.54, 1.807) is 4.90 Å². The maximum Gasteiger partial charge on any atom is 0.258 e. The number of hydrogen-bond acceptors (Lipinski definition) is 3. The van der Waals surface area contributed by atoms with Crippen LogP contribution in [0.1, 0.15) is 46.3 Å². The number of anilines is 1. The Bertz CT molecular complexity index is 849. The number of carbonyl (C=O) groups excluding carboxylic acids is 1. The van der Waals surface area contributed by atoms with Gasteiger partial charge in [-0.25, -0.2) is 0 Å². The first-order valence-electron chi connectivity index (χ1n) is 8.27. The smallest absolute Gasteiger partial charge is 0.258 e. The van der Waals surface area contributed by atoms with Crippen LogP contribution in [0.4, 0.5) is 5.69 Å². The molecule has 2 aliphatic heterocycles. The van der Waals surface area contributed by atoms with E-state index >= 15 is 0 Å². The van der Waals surface area contributed by atoms with E-state index in [1.807, 2.05) is 43.3 Å². The fourth-order valence-electron chi connectivity index (χ4n) is 3.38. The number of nitrogens with zero attached hydrogens (tertiary/aromatic N) is 2. The molecule has 1 unspecified atom stereocenters. The Balaban J connectivity index is 1.64. The number of ether oxygens (including phenoxy) is 1. The SMILES string of the molecule is CC(C#N)c1ccc(N2Cc3cc4c(cc3C2=O)CCCO4)cc1. The van der Waals surface area contributed by atoms with Gasteiger partial charge in [-0.15, -0.1) is 0 Å². The second-order valence-electron chi connectivity index (χ2n) is 6.40. The molecule has 4 rings (SSSR count). The van der Waals surface area contributed by atoms with E-state index in [0.717, 1.165) is 53.1 Å². The first kappa shape index (κ1) is 14.8. The topological polar surface area (TPSA) is 53.3 Å². The summed E-state index contributed by atoms with van der Waals surface area (Å²) in [6, 6.07) is 13.9. The number of amides is 1. The third-order valence-corrected chi connectivity index (χ3v) is 4.84. The van der Waals surface area contributed by atoms with E-state index in [0.29, 0.717) is 6.54 Å². The van der Waals surface area contributed by atoms with Crippen LogP contribution >= 0.6 is 0 Å². The van der Waals surface area contributed by atoms with Crippen molar-refractivity contribution in [3.05, 3.63) is 58.7 Å². The molecule has 1 amide bonds. The van der Waals surface area contributed by atoms with Gasteiger partial charge in [0.2, 0.25) is 0 Å². The number of rotatable bonds is 2. The molecule has 0 radical (unpaired) electrons. The van der Waals surface area contributed by atoms with Gasteiger partial charge in [-0.3, -0.25) is 4.79 Å². The van der Waals surface area contributed by atoms with Gasteiger partial charge in [0.05, 0.1) is 25.1 Å². The molecule has 0 saturated carbocycles. The number of benzene rings is 2. The third-order valence-electron chi connectivity index (χ3n) is 4.84. The molecule has 2 heterocycles. The second kappa shape index (κ2) is 5.68. The molecule has 2 aromatic carbocycles. The summed E-state index contributed by atoms with van der Waals surface area (Å²) in [5.41, 5.74) is 4.77. The molecular formula is C20H18N2O2. The summed E-state index contributed by atoms with van der Waals surface area (Å²) < 4.78 is 5.72. The molecule has 4 heteroatoms. The summed E-state index contributed by atoms with van der Waals surface area (Å²) in [6.07, 6.45) is 1.97. The van der Waals surface area contributed by atoms with Crippen LogP contribution in [0, 0.1) is 11.3 Å². The fourth-order valence-corrected chi connectivity index (χ4v) is 3.38. The quantitative estimate of drug-likeness (QED) is 0.846. The Hall–Kier alpha value is -2.80. The van der Waals surface area contributed by atoms with Gasteiger partial charge in [0.1, 0.15) is 5.75 Å². The summed E-state index contributed by atoms with van der Waals surface area (Å²) in [5, 5.41) is 9.01. The Kier molecular flexibility index (Phi) is 3.50. The lowest BCUT2D eigenvalue weighted by Gasteiger charge is -2.17. The van der Waals surface area contributed by atoms with E-state index in [1.165, 1.54) is 0 Å². The van der Waals surface area contributed by atoms with Crippen molar-refractivity contribution in [2.75, 3.05) is 11.5 Å². The van der Waals surface area contributed by atoms with Crippen molar-refractivity contribution in [2.45, 2.75) is 32.2 Å². The fraction of sp³-hybridized carbons (Fsp3) is 0.300. The van der Waals surface area contributed by atoms with Crippen LogP contribution < -0.4 is 9.64 Å². The molecule has 120 valence electrons. The van der Waals surface area contributed by atoms with Crippen LogP contribution in [-0.4, -0.2) is 12.5 Å². The molecule has 2 aromatic rings. The second-order valence-corrected chi connectivity index (χ2v) is 6.40. The van der Waals surface area contributed by atoms with Crippen LogP contribution in [0.25, 0.3) is 0 Å². The number of hydrogen-bond donors (Lipinski definition) is 0. The first-order valence-corrected chi connectivity index (χ1v) is 8.27. The van der Waals surface area contributed by atoms with Gasteiger partial charge in [0.15, 0.2) is 0 Å². The van der Waals surface area contributed by atoms with Crippen molar-refractivity contribution in [1.82, 2.24) is 0 Å². The molecule has 0 aromatic heterocycles. The lowest BCUT2D eigenvalue weighted by Crippen LogP contribution is -2.22. The predicted molar refractivity (Wildman–Crippen MR) is 91.2 cm³/mol. The van der Waals surface area contributed by atoms with E-state index in [-0.39, 0.29) is 11.8 Å². The monoisotopic (exact) mass is 318 g/mol. The minimum atomic E-state index is -0.144. The Labute approximate surface area is 141 Å². The van der Waals surface area contributed by atoms with Crippen molar-refractivity contribution in [1.29, 1.82) is 5.26 Å². The van der Waals surface area contributed by atoms with Gasteiger partial charge in [0, 0.05) is 11.3 Å². The average Bonchev–Trinajstić information content (AvgIpc) is 2.95. The number of fused-ring (bicyclic) bond motifs is 2. The molecule has 0 saturated heterocycles. The normalized spacial score (nSPS) is 16.8. The predicted octanol–water partition coefficient (Wildman–Crippen LogP) is 3.80. The standard InChI is InChI=1S/C20H18N2O2/c1-13(11-21)14-4-6-17(7-5-14)22-12-16-10-19-15(3-2-8-24-19)9-18(16)20(22)23/h4-7,9-10,13H,2-3,8,12H2,1H3. The van der Waals surface area contributed by atoms with Gasteiger partial charge in [-0.05, 0) is 60.7 Å². The zero-order chi connectivity index (χ0) is 16.7.